The lowest BCUT2D eigenvalue weighted by molar-refractivity contribution is -0.114. The second kappa shape index (κ2) is 7.66. The minimum absolute atomic E-state index is 0.186. The Kier molecular flexibility index (Phi) is 5.60. The van der Waals surface area contributed by atoms with Gasteiger partial charge in [-0.2, -0.15) is 9.64 Å². The number of nitriles is 1. The van der Waals surface area contributed by atoms with Gasteiger partial charge in [-0.1, -0.05) is 0 Å². The largest absolute Gasteiger partial charge is 0.375 e. The molecular formula is C16H18N6OS. The SMILES string of the molecule is CCN(C)c1ccc(N=Nc2snc(C)c2C#N)c(NC(C)=O)c1. The summed E-state index contributed by atoms with van der Waals surface area (Å²) in [6.45, 7) is 6.08. The van der Waals surface area contributed by atoms with Gasteiger partial charge in [-0.05, 0) is 43.6 Å². The number of amides is 1. The third-order valence-corrected chi connectivity index (χ3v) is 4.23. The molecule has 0 unspecified atom stereocenters. The molecule has 0 aliphatic rings. The number of nitrogens with zero attached hydrogens (tertiary/aromatic N) is 5. The van der Waals surface area contributed by atoms with Crippen molar-refractivity contribution in [1.82, 2.24) is 4.37 Å². The molecule has 24 heavy (non-hydrogen) atoms. The summed E-state index contributed by atoms with van der Waals surface area (Å²) >= 11 is 1.12. The molecule has 124 valence electrons. The summed E-state index contributed by atoms with van der Waals surface area (Å²) in [7, 11) is 1.97. The van der Waals surface area contributed by atoms with Crippen LogP contribution in [0.25, 0.3) is 0 Å². The smallest absolute Gasteiger partial charge is 0.221 e. The van der Waals surface area contributed by atoms with Gasteiger partial charge in [-0.25, -0.2) is 0 Å². The topological polar surface area (TPSA) is 93.7 Å². The van der Waals surface area contributed by atoms with Crippen LogP contribution in [0.3, 0.4) is 0 Å². The van der Waals surface area contributed by atoms with Gasteiger partial charge in [0.05, 0.1) is 11.4 Å². The first-order valence-corrected chi connectivity index (χ1v) is 8.14. The van der Waals surface area contributed by atoms with Gasteiger partial charge in [0.1, 0.15) is 17.3 Å². The van der Waals surface area contributed by atoms with Crippen LogP contribution >= 0.6 is 11.5 Å². The van der Waals surface area contributed by atoms with Crippen LogP contribution in [0.15, 0.2) is 28.4 Å². The minimum Gasteiger partial charge on any atom is -0.375 e. The van der Waals surface area contributed by atoms with Crippen molar-refractivity contribution < 1.29 is 4.79 Å². The number of aromatic nitrogens is 1. The average molecular weight is 342 g/mol. The number of azo groups is 1. The van der Waals surface area contributed by atoms with E-state index in [-0.39, 0.29) is 5.91 Å². The van der Waals surface area contributed by atoms with Crippen LogP contribution in [0.4, 0.5) is 22.1 Å². The van der Waals surface area contributed by atoms with E-state index < -0.39 is 0 Å². The molecule has 1 aromatic carbocycles. The summed E-state index contributed by atoms with van der Waals surface area (Å²) in [5, 5.41) is 20.7. The van der Waals surface area contributed by atoms with Gasteiger partial charge < -0.3 is 10.2 Å². The lowest BCUT2D eigenvalue weighted by atomic mass is 10.2. The second-order valence-electron chi connectivity index (χ2n) is 5.16. The first-order valence-electron chi connectivity index (χ1n) is 7.37. The highest BCUT2D eigenvalue weighted by Gasteiger charge is 2.11. The van der Waals surface area contributed by atoms with E-state index in [4.69, 9.17) is 5.26 Å². The van der Waals surface area contributed by atoms with Gasteiger partial charge in [0.2, 0.25) is 5.91 Å². The predicted molar refractivity (Wildman–Crippen MR) is 95.4 cm³/mol. The highest BCUT2D eigenvalue weighted by Crippen LogP contribution is 2.33. The first-order chi connectivity index (χ1) is 11.5. The van der Waals surface area contributed by atoms with E-state index in [0.717, 1.165) is 23.8 Å². The fourth-order valence-electron chi connectivity index (χ4n) is 1.98. The fraction of sp³-hybridized carbons (Fsp3) is 0.312. The molecule has 1 N–H and O–H groups in total. The summed E-state index contributed by atoms with van der Waals surface area (Å²) in [5.74, 6) is -0.186. The molecule has 1 amide bonds. The van der Waals surface area contributed by atoms with Crippen molar-refractivity contribution >= 4 is 39.5 Å². The number of hydrogen-bond donors (Lipinski definition) is 1. The first kappa shape index (κ1) is 17.6. The molecule has 2 rings (SSSR count). The maximum Gasteiger partial charge on any atom is 0.221 e. The molecule has 0 aliphatic carbocycles. The van der Waals surface area contributed by atoms with Crippen LogP contribution in [0.5, 0.6) is 0 Å². The summed E-state index contributed by atoms with van der Waals surface area (Å²) in [6.07, 6.45) is 0. The van der Waals surface area contributed by atoms with Gasteiger partial charge in [0.15, 0.2) is 5.00 Å². The van der Waals surface area contributed by atoms with Gasteiger partial charge >= 0.3 is 0 Å². The monoisotopic (exact) mass is 342 g/mol. The molecule has 0 spiro atoms. The zero-order chi connectivity index (χ0) is 17.7. The summed E-state index contributed by atoms with van der Waals surface area (Å²) in [5.41, 5.74) is 3.12. The number of benzene rings is 1. The van der Waals surface area contributed by atoms with E-state index in [2.05, 4.69) is 26.0 Å². The van der Waals surface area contributed by atoms with E-state index in [0.29, 0.717) is 27.6 Å². The number of nitrogens with one attached hydrogen (secondary N) is 1. The standard InChI is InChI=1S/C16H18N6OS/c1-5-22(4)12-6-7-14(15(8-12)18-11(3)23)19-20-16-13(9-17)10(2)21-24-16/h6-8H,5H2,1-4H3,(H,18,23). The highest BCUT2D eigenvalue weighted by atomic mass is 32.1. The van der Waals surface area contributed by atoms with Crippen molar-refractivity contribution in [1.29, 1.82) is 5.26 Å². The molecule has 0 saturated heterocycles. The third-order valence-electron chi connectivity index (χ3n) is 3.41. The normalized spacial score (nSPS) is 10.6. The summed E-state index contributed by atoms with van der Waals surface area (Å²) < 4.78 is 4.11. The van der Waals surface area contributed by atoms with Crippen molar-refractivity contribution in [2.75, 3.05) is 23.8 Å². The van der Waals surface area contributed by atoms with E-state index in [9.17, 15) is 4.79 Å². The van der Waals surface area contributed by atoms with Crippen LogP contribution in [0.2, 0.25) is 0 Å². The molecule has 0 radical (unpaired) electrons. The zero-order valence-corrected chi connectivity index (χ0v) is 14.8. The van der Waals surface area contributed by atoms with Crippen molar-refractivity contribution in [3.05, 3.63) is 29.5 Å². The fourth-order valence-corrected chi connectivity index (χ4v) is 2.65. The molecule has 0 saturated carbocycles. The Hall–Kier alpha value is -2.79. The number of carbonyl (C=O) groups excluding carboxylic acids is 1. The predicted octanol–water partition coefficient (Wildman–Crippen LogP) is 4.15. The van der Waals surface area contributed by atoms with Gasteiger partial charge in [-0.15, -0.1) is 10.2 Å². The quantitative estimate of drug-likeness (QED) is 0.826. The van der Waals surface area contributed by atoms with Crippen LogP contribution < -0.4 is 10.2 Å². The van der Waals surface area contributed by atoms with Crippen LogP contribution in [0, 0.1) is 18.3 Å². The average Bonchev–Trinajstić information content (AvgIpc) is 2.92. The molecule has 1 heterocycles. The van der Waals surface area contributed by atoms with Crippen LogP contribution in [-0.4, -0.2) is 23.9 Å². The molecule has 8 heteroatoms. The Morgan fingerprint density at radius 2 is 2.21 bits per heavy atom. The number of aryl methyl sites for hydroxylation is 1. The highest BCUT2D eigenvalue weighted by molar-refractivity contribution is 7.10. The molecule has 1 aromatic heterocycles. The molecule has 0 atom stereocenters. The van der Waals surface area contributed by atoms with E-state index in [1.165, 1.54) is 6.92 Å². The molecule has 2 aromatic rings. The molecule has 0 fully saturated rings. The molecule has 7 nitrogen and oxygen atoms in total. The molecule has 0 aliphatic heterocycles. The van der Waals surface area contributed by atoms with Gasteiger partial charge in [-0.3, -0.25) is 4.79 Å². The van der Waals surface area contributed by atoms with Crippen LogP contribution in [-0.2, 0) is 4.79 Å². The van der Waals surface area contributed by atoms with E-state index >= 15 is 0 Å². The number of hydrogen-bond acceptors (Lipinski definition) is 7. The Balaban J connectivity index is 2.39. The summed E-state index contributed by atoms with van der Waals surface area (Å²) in [4.78, 5) is 13.5. The third kappa shape index (κ3) is 3.94. The molecule has 0 bridgehead atoms. The van der Waals surface area contributed by atoms with Gasteiger partial charge in [0.25, 0.3) is 0 Å². The number of rotatable bonds is 5. The van der Waals surface area contributed by atoms with E-state index in [1.807, 2.05) is 31.0 Å². The Labute approximate surface area is 144 Å². The number of carbonyl (C=O) groups is 1. The van der Waals surface area contributed by atoms with Crippen LogP contribution in [0.1, 0.15) is 25.1 Å². The summed E-state index contributed by atoms with van der Waals surface area (Å²) in [6, 6.07) is 7.62. The number of anilines is 2. The maximum atomic E-state index is 11.4. The zero-order valence-electron chi connectivity index (χ0n) is 14.0. The lowest BCUT2D eigenvalue weighted by Gasteiger charge is -2.18. The van der Waals surface area contributed by atoms with E-state index in [1.54, 1.807) is 13.0 Å². The Bertz CT molecular complexity index is 820. The van der Waals surface area contributed by atoms with Crippen molar-refractivity contribution in [2.45, 2.75) is 20.8 Å². The van der Waals surface area contributed by atoms with Gasteiger partial charge in [0, 0.05) is 26.2 Å². The molecular weight excluding hydrogens is 324 g/mol. The minimum atomic E-state index is -0.186. The Morgan fingerprint density at radius 1 is 1.46 bits per heavy atom. The second-order valence-corrected chi connectivity index (χ2v) is 5.91. The lowest BCUT2D eigenvalue weighted by Crippen LogP contribution is -2.16. The van der Waals surface area contributed by atoms with Crippen molar-refractivity contribution in [2.24, 2.45) is 10.2 Å². The Morgan fingerprint density at radius 3 is 2.83 bits per heavy atom. The van der Waals surface area contributed by atoms with Crippen molar-refractivity contribution in [3.8, 4) is 6.07 Å². The van der Waals surface area contributed by atoms with Crippen molar-refractivity contribution in [3.63, 3.8) is 0 Å². The maximum absolute atomic E-state index is 11.4.